The number of piperidine rings is 1. The van der Waals surface area contributed by atoms with E-state index < -0.39 is 29.5 Å². The number of methoxy groups -OCH3 is 1. The van der Waals surface area contributed by atoms with Gasteiger partial charge in [0.25, 0.3) is 0 Å². The van der Waals surface area contributed by atoms with Crippen LogP contribution in [0.4, 0.5) is 26.3 Å². The van der Waals surface area contributed by atoms with Crippen molar-refractivity contribution >= 4 is 5.97 Å². The predicted octanol–water partition coefficient (Wildman–Crippen LogP) is 6.96. The third-order valence-corrected chi connectivity index (χ3v) is 7.31. The lowest BCUT2D eigenvalue weighted by Crippen LogP contribution is -2.44. The maximum Gasteiger partial charge on any atom is 0.416 e. The van der Waals surface area contributed by atoms with E-state index in [4.69, 9.17) is 9.47 Å². The Bertz CT molecular complexity index is 1050. The molecular formula is C27H29F6NO3. The molecule has 2 aliphatic rings. The molecule has 2 aliphatic heterocycles. The summed E-state index contributed by atoms with van der Waals surface area (Å²) < 4.78 is 90.0. The zero-order valence-electron chi connectivity index (χ0n) is 20.3. The minimum absolute atomic E-state index is 0.0475. The van der Waals surface area contributed by atoms with Crippen LogP contribution in [0.15, 0.2) is 48.5 Å². The minimum atomic E-state index is -4.47. The molecule has 2 aromatic carbocycles. The summed E-state index contributed by atoms with van der Waals surface area (Å²) in [5, 5.41) is 0. The smallest absolute Gasteiger partial charge is 0.416 e. The van der Waals surface area contributed by atoms with Gasteiger partial charge in [-0.2, -0.15) is 26.3 Å². The molecule has 2 heterocycles. The molecule has 2 fully saturated rings. The van der Waals surface area contributed by atoms with Crippen LogP contribution in [0.3, 0.4) is 0 Å². The molecule has 4 rings (SSSR count). The Morgan fingerprint density at radius 1 is 0.973 bits per heavy atom. The standard InChI is InChI=1S/C27H29F6NO3/c1-36-24(35)16-17-12-13-34(22(15-17)18-4-8-20(9-5-18)26(28,29)30)25(23-3-2-14-37-23)19-6-10-21(11-7-19)27(31,32)33/h4-11,17,22-23,25H,2-3,12-16H2,1H3/t17-,22+,23?,25+/m1/s1. The van der Waals surface area contributed by atoms with Crippen LogP contribution < -0.4 is 0 Å². The zero-order valence-corrected chi connectivity index (χ0v) is 20.3. The van der Waals surface area contributed by atoms with Crippen molar-refractivity contribution in [2.45, 2.75) is 62.6 Å². The van der Waals surface area contributed by atoms with Crippen molar-refractivity contribution in [1.82, 2.24) is 4.90 Å². The fraction of sp³-hybridized carbons (Fsp3) is 0.519. The Kier molecular flexibility index (Phi) is 8.18. The monoisotopic (exact) mass is 529 g/mol. The molecule has 0 N–H and O–H groups in total. The van der Waals surface area contributed by atoms with Crippen LogP contribution in [0.5, 0.6) is 0 Å². The van der Waals surface area contributed by atoms with E-state index in [9.17, 15) is 31.1 Å². The lowest BCUT2D eigenvalue weighted by molar-refractivity contribution is -0.142. The van der Waals surface area contributed by atoms with E-state index in [0.717, 1.165) is 30.7 Å². The van der Waals surface area contributed by atoms with Crippen molar-refractivity contribution in [3.05, 3.63) is 70.8 Å². The summed E-state index contributed by atoms with van der Waals surface area (Å²) in [5.41, 5.74) is -0.206. The zero-order chi connectivity index (χ0) is 26.8. The molecule has 0 amide bonds. The number of carbonyl (C=O) groups excluding carboxylic acids is 1. The van der Waals surface area contributed by atoms with Crippen molar-refractivity contribution in [1.29, 1.82) is 0 Å². The van der Waals surface area contributed by atoms with Gasteiger partial charge in [0.15, 0.2) is 0 Å². The number of rotatable bonds is 6. The Morgan fingerprint density at radius 2 is 1.57 bits per heavy atom. The average molecular weight is 530 g/mol. The number of hydrogen-bond donors (Lipinski definition) is 0. The van der Waals surface area contributed by atoms with E-state index in [0.29, 0.717) is 43.5 Å². The number of alkyl halides is 6. The fourth-order valence-electron chi connectivity index (χ4n) is 5.46. The Morgan fingerprint density at radius 3 is 2.08 bits per heavy atom. The Hall–Kier alpha value is -2.59. The Labute approximate surface area is 211 Å². The molecule has 0 bridgehead atoms. The third-order valence-electron chi connectivity index (χ3n) is 7.31. The summed E-state index contributed by atoms with van der Waals surface area (Å²) in [4.78, 5) is 14.1. The topological polar surface area (TPSA) is 38.8 Å². The molecule has 0 saturated carbocycles. The highest BCUT2D eigenvalue weighted by molar-refractivity contribution is 5.69. The number of hydrogen-bond acceptors (Lipinski definition) is 4. The molecule has 0 radical (unpaired) electrons. The van der Waals surface area contributed by atoms with Crippen LogP contribution in [0.25, 0.3) is 0 Å². The number of carbonyl (C=O) groups is 1. The number of ether oxygens (including phenoxy) is 2. The van der Waals surface area contributed by atoms with Crippen LogP contribution in [0.2, 0.25) is 0 Å². The molecular weight excluding hydrogens is 500 g/mol. The van der Waals surface area contributed by atoms with Gasteiger partial charge in [0.2, 0.25) is 0 Å². The number of likely N-dealkylation sites (tertiary alicyclic amines) is 1. The molecule has 4 atom stereocenters. The van der Waals surface area contributed by atoms with Gasteiger partial charge in [0.1, 0.15) is 0 Å². The average Bonchev–Trinajstić information content (AvgIpc) is 3.38. The van der Waals surface area contributed by atoms with Crippen LogP contribution >= 0.6 is 0 Å². The van der Waals surface area contributed by atoms with Gasteiger partial charge in [-0.05, 0) is 73.5 Å². The highest BCUT2D eigenvalue weighted by Gasteiger charge is 2.41. The van der Waals surface area contributed by atoms with Crippen molar-refractivity contribution < 1.29 is 40.6 Å². The van der Waals surface area contributed by atoms with Crippen LogP contribution in [0, 0.1) is 5.92 Å². The second kappa shape index (κ2) is 11.0. The summed E-state index contributed by atoms with van der Waals surface area (Å²) in [7, 11) is 1.31. The van der Waals surface area contributed by atoms with Crippen molar-refractivity contribution in [3.8, 4) is 0 Å². The molecule has 0 spiro atoms. The number of esters is 1. The largest absolute Gasteiger partial charge is 0.469 e. The molecule has 0 aliphatic carbocycles. The lowest BCUT2D eigenvalue weighted by atomic mass is 9.82. The van der Waals surface area contributed by atoms with E-state index in [2.05, 4.69) is 4.90 Å². The minimum Gasteiger partial charge on any atom is -0.469 e. The van der Waals surface area contributed by atoms with Gasteiger partial charge in [-0.1, -0.05) is 24.3 Å². The normalized spacial score (nSPS) is 24.1. The molecule has 10 heteroatoms. The molecule has 0 aromatic heterocycles. The van der Waals surface area contributed by atoms with E-state index >= 15 is 0 Å². The highest BCUT2D eigenvalue weighted by atomic mass is 19.4. The summed E-state index contributed by atoms with van der Waals surface area (Å²) in [5.74, 6) is -0.406. The van der Waals surface area contributed by atoms with Gasteiger partial charge in [0.05, 0.1) is 30.4 Å². The Balaban J connectivity index is 1.71. The number of halogens is 6. The van der Waals surface area contributed by atoms with Gasteiger partial charge in [-0.15, -0.1) is 0 Å². The number of benzene rings is 2. The quantitative estimate of drug-likeness (QED) is 0.300. The molecule has 4 nitrogen and oxygen atoms in total. The van der Waals surface area contributed by atoms with Crippen molar-refractivity contribution in [2.24, 2.45) is 5.92 Å². The van der Waals surface area contributed by atoms with Crippen molar-refractivity contribution in [2.75, 3.05) is 20.3 Å². The maximum atomic E-state index is 13.2. The van der Waals surface area contributed by atoms with E-state index in [-0.39, 0.29) is 30.5 Å². The van der Waals surface area contributed by atoms with Crippen LogP contribution in [0.1, 0.15) is 66.4 Å². The summed E-state index contributed by atoms with van der Waals surface area (Å²) >= 11 is 0. The molecule has 202 valence electrons. The fourth-order valence-corrected chi connectivity index (χ4v) is 5.46. The first kappa shape index (κ1) is 27.4. The van der Waals surface area contributed by atoms with Crippen LogP contribution in [-0.4, -0.2) is 37.2 Å². The van der Waals surface area contributed by atoms with Gasteiger partial charge < -0.3 is 9.47 Å². The van der Waals surface area contributed by atoms with E-state index in [1.165, 1.54) is 31.4 Å². The molecule has 2 aromatic rings. The second-order valence-corrected chi connectivity index (χ2v) is 9.66. The number of nitrogens with zero attached hydrogens (tertiary/aromatic N) is 1. The van der Waals surface area contributed by atoms with Gasteiger partial charge in [-0.25, -0.2) is 0 Å². The van der Waals surface area contributed by atoms with Gasteiger partial charge in [0, 0.05) is 19.1 Å². The highest BCUT2D eigenvalue weighted by Crippen LogP contribution is 2.45. The summed E-state index contributed by atoms with van der Waals surface area (Å²) in [6.07, 6.45) is -6.37. The first-order valence-electron chi connectivity index (χ1n) is 12.3. The third kappa shape index (κ3) is 6.46. The van der Waals surface area contributed by atoms with E-state index in [1.54, 1.807) is 0 Å². The molecule has 1 unspecified atom stereocenters. The van der Waals surface area contributed by atoms with Gasteiger partial charge >= 0.3 is 18.3 Å². The summed E-state index contributed by atoms with van der Waals surface area (Å²) in [6.45, 7) is 1.03. The van der Waals surface area contributed by atoms with Gasteiger partial charge in [-0.3, -0.25) is 9.69 Å². The SMILES string of the molecule is COC(=O)C[C@@H]1CCN([C@@H](c2ccc(C(F)(F)F)cc2)C2CCCO2)[C@H](c2ccc(C(F)(F)F)cc2)C1. The van der Waals surface area contributed by atoms with Crippen molar-refractivity contribution in [3.63, 3.8) is 0 Å². The predicted molar refractivity (Wildman–Crippen MR) is 123 cm³/mol. The molecule has 2 saturated heterocycles. The first-order chi connectivity index (χ1) is 17.5. The second-order valence-electron chi connectivity index (χ2n) is 9.66. The maximum absolute atomic E-state index is 13.2. The summed E-state index contributed by atoms with van der Waals surface area (Å²) in [6, 6.07) is 9.23. The molecule has 37 heavy (non-hydrogen) atoms. The van der Waals surface area contributed by atoms with Crippen LogP contribution in [-0.2, 0) is 26.6 Å². The first-order valence-corrected chi connectivity index (χ1v) is 12.3. The lowest BCUT2D eigenvalue weighted by Gasteiger charge is -2.46. The van der Waals surface area contributed by atoms with E-state index in [1.807, 2.05) is 0 Å².